The maximum Gasteiger partial charge on any atom is 0.338 e. The lowest BCUT2D eigenvalue weighted by Gasteiger charge is -2.26. The van der Waals surface area contributed by atoms with Crippen molar-refractivity contribution in [2.24, 2.45) is 4.99 Å². The molecule has 6 aromatic rings. The molecule has 8 rings (SSSR count). The Labute approximate surface area is 294 Å². The highest BCUT2D eigenvalue weighted by atomic mass is 35.5. The molecule has 0 spiro atoms. The molecule has 1 atom stereocenters. The second kappa shape index (κ2) is 12.7. The van der Waals surface area contributed by atoms with Crippen molar-refractivity contribution in [1.82, 2.24) is 9.13 Å². The van der Waals surface area contributed by atoms with E-state index in [1.165, 1.54) is 11.3 Å². The highest BCUT2D eigenvalue weighted by Gasteiger charge is 2.36. The highest BCUT2D eigenvalue weighted by Crippen LogP contribution is 2.40. The largest absolute Gasteiger partial charge is 0.463 e. The standard InChI is InChI=1S/C38H27Cl2N3O5S/c1-2-46-37(45)33-34(22-8-4-3-5-9-22)41-38-43(35(33)23-13-15-30-31(16-23)48-21-47-30)36(44)32(49-38)17-25-20-42(29-11-7-6-10-27(25)29)19-24-12-14-26(39)18-28(24)40/h3-18,20,35H,2,19,21H2,1H3/b32-17-. The van der Waals surface area contributed by atoms with Gasteiger partial charge in [0, 0.05) is 44.8 Å². The molecule has 2 aliphatic heterocycles. The molecule has 8 nitrogen and oxygen atoms in total. The van der Waals surface area contributed by atoms with Gasteiger partial charge in [0.05, 0.1) is 28.5 Å². The maximum absolute atomic E-state index is 14.5. The minimum atomic E-state index is -0.837. The van der Waals surface area contributed by atoms with Crippen molar-refractivity contribution in [3.63, 3.8) is 0 Å². The number of para-hydroxylation sites is 1. The Balaban J connectivity index is 1.34. The molecule has 2 aliphatic rings. The zero-order valence-electron chi connectivity index (χ0n) is 26.1. The Morgan fingerprint density at radius 2 is 1.80 bits per heavy atom. The van der Waals surface area contributed by atoms with Crippen LogP contribution in [-0.2, 0) is 16.1 Å². The van der Waals surface area contributed by atoms with Crippen molar-refractivity contribution >= 4 is 63.2 Å². The normalized spacial score (nSPS) is 15.4. The fourth-order valence-electron chi connectivity index (χ4n) is 6.33. The van der Waals surface area contributed by atoms with Gasteiger partial charge in [-0.05, 0) is 54.5 Å². The smallest absolute Gasteiger partial charge is 0.338 e. The Morgan fingerprint density at radius 1 is 1.00 bits per heavy atom. The molecular formula is C38H27Cl2N3O5S. The zero-order chi connectivity index (χ0) is 33.6. The lowest BCUT2D eigenvalue weighted by Crippen LogP contribution is -2.40. The lowest BCUT2D eigenvalue weighted by atomic mass is 9.93. The minimum absolute atomic E-state index is 0.0925. The summed E-state index contributed by atoms with van der Waals surface area (Å²) in [7, 11) is 0. The number of hydrogen-bond acceptors (Lipinski definition) is 7. The van der Waals surface area contributed by atoms with Crippen LogP contribution in [0.1, 0.15) is 35.2 Å². The van der Waals surface area contributed by atoms with Crippen molar-refractivity contribution in [3.8, 4) is 11.5 Å². The van der Waals surface area contributed by atoms with Crippen LogP contribution >= 0.6 is 34.5 Å². The average molecular weight is 709 g/mol. The first kappa shape index (κ1) is 31.2. The van der Waals surface area contributed by atoms with E-state index in [1.807, 2.05) is 91.1 Å². The van der Waals surface area contributed by atoms with Crippen molar-refractivity contribution in [1.29, 1.82) is 0 Å². The summed E-state index contributed by atoms with van der Waals surface area (Å²) >= 11 is 14.0. The summed E-state index contributed by atoms with van der Waals surface area (Å²) in [5.41, 5.74) is 4.60. The summed E-state index contributed by atoms with van der Waals surface area (Å²) in [5, 5.41) is 2.13. The number of ether oxygens (including phenoxy) is 3. The van der Waals surface area contributed by atoms with Gasteiger partial charge in [-0.2, -0.15) is 0 Å². The van der Waals surface area contributed by atoms with Gasteiger partial charge in [0.25, 0.3) is 5.56 Å². The van der Waals surface area contributed by atoms with Crippen LogP contribution in [0.3, 0.4) is 0 Å². The number of esters is 1. The second-order valence-corrected chi connectivity index (χ2v) is 13.4. The van der Waals surface area contributed by atoms with E-state index >= 15 is 0 Å². The van der Waals surface area contributed by atoms with Crippen LogP contribution < -0.4 is 24.4 Å². The fourth-order valence-corrected chi connectivity index (χ4v) is 7.79. The van der Waals surface area contributed by atoms with Crippen LogP contribution in [0.4, 0.5) is 0 Å². The van der Waals surface area contributed by atoms with Gasteiger partial charge in [-0.15, -0.1) is 0 Å². The summed E-state index contributed by atoms with van der Waals surface area (Å²) in [6.07, 6.45) is 3.90. The Morgan fingerprint density at radius 3 is 2.61 bits per heavy atom. The third-order valence-corrected chi connectivity index (χ3v) is 10.1. The second-order valence-electron chi connectivity index (χ2n) is 11.5. The van der Waals surface area contributed by atoms with Crippen LogP contribution in [0.2, 0.25) is 10.0 Å². The van der Waals surface area contributed by atoms with Crippen molar-refractivity contribution < 1.29 is 19.0 Å². The van der Waals surface area contributed by atoms with E-state index in [2.05, 4.69) is 4.57 Å². The average Bonchev–Trinajstić information content (AvgIpc) is 3.81. The lowest BCUT2D eigenvalue weighted by molar-refractivity contribution is -0.138. The van der Waals surface area contributed by atoms with Gasteiger partial charge in [-0.1, -0.05) is 95.2 Å². The number of aromatic nitrogens is 2. The van der Waals surface area contributed by atoms with Crippen molar-refractivity contribution in [3.05, 3.63) is 155 Å². The third kappa shape index (κ3) is 5.63. The van der Waals surface area contributed by atoms with E-state index in [1.54, 1.807) is 23.6 Å². The van der Waals surface area contributed by atoms with Crippen LogP contribution in [-0.4, -0.2) is 28.5 Å². The van der Waals surface area contributed by atoms with Gasteiger partial charge in [-0.25, -0.2) is 9.79 Å². The van der Waals surface area contributed by atoms with Crippen molar-refractivity contribution in [2.75, 3.05) is 13.4 Å². The van der Waals surface area contributed by atoms with Crippen LogP contribution in [0, 0.1) is 0 Å². The molecule has 0 amide bonds. The molecular weight excluding hydrogens is 681 g/mol. The molecule has 4 heterocycles. The first-order valence-corrected chi connectivity index (χ1v) is 17.2. The Hall–Kier alpha value is -5.09. The quantitative estimate of drug-likeness (QED) is 0.167. The number of rotatable bonds is 7. The molecule has 0 radical (unpaired) electrons. The third-order valence-electron chi connectivity index (χ3n) is 8.55. The molecule has 0 bridgehead atoms. The molecule has 0 aliphatic carbocycles. The molecule has 2 aromatic heterocycles. The summed E-state index contributed by atoms with van der Waals surface area (Å²) in [6, 6.07) is 27.6. The summed E-state index contributed by atoms with van der Waals surface area (Å²) < 4.78 is 21.0. The first-order valence-electron chi connectivity index (χ1n) is 15.6. The highest BCUT2D eigenvalue weighted by molar-refractivity contribution is 7.07. The summed E-state index contributed by atoms with van der Waals surface area (Å²) in [5.74, 6) is 0.582. The summed E-state index contributed by atoms with van der Waals surface area (Å²) in [6.45, 7) is 2.52. The molecule has 0 N–H and O–H groups in total. The van der Waals surface area contributed by atoms with Gasteiger partial charge >= 0.3 is 5.97 Å². The predicted molar refractivity (Wildman–Crippen MR) is 191 cm³/mol. The van der Waals surface area contributed by atoms with E-state index < -0.39 is 12.0 Å². The zero-order valence-corrected chi connectivity index (χ0v) is 28.4. The number of benzene rings is 4. The molecule has 11 heteroatoms. The summed E-state index contributed by atoms with van der Waals surface area (Å²) in [4.78, 5) is 33.8. The number of hydrogen-bond donors (Lipinski definition) is 0. The minimum Gasteiger partial charge on any atom is -0.463 e. The predicted octanol–water partition coefficient (Wildman–Crippen LogP) is 6.97. The monoisotopic (exact) mass is 707 g/mol. The van der Waals surface area contributed by atoms with Gasteiger partial charge in [0.15, 0.2) is 16.3 Å². The Bertz CT molecular complexity index is 2500. The molecule has 4 aromatic carbocycles. The SMILES string of the molecule is CCOC(=O)C1=C(c2ccccc2)N=c2s/c(=C\c3cn(Cc4ccc(Cl)cc4Cl)c4ccccc34)c(=O)n2C1c1ccc2c(c1)OCO2. The topological polar surface area (TPSA) is 84.1 Å². The maximum atomic E-state index is 14.5. The molecule has 0 saturated carbocycles. The first-order chi connectivity index (χ1) is 23.9. The number of fused-ring (bicyclic) bond motifs is 3. The van der Waals surface area contributed by atoms with E-state index in [0.717, 1.165) is 27.6 Å². The Kier molecular flexibility index (Phi) is 8.11. The molecule has 244 valence electrons. The molecule has 1 unspecified atom stereocenters. The number of carbonyl (C=O) groups excluding carboxylic acids is 1. The van der Waals surface area contributed by atoms with Crippen LogP contribution in [0.5, 0.6) is 11.5 Å². The van der Waals surface area contributed by atoms with Gasteiger partial charge in [0.1, 0.15) is 0 Å². The number of thiazole rings is 1. The van der Waals surface area contributed by atoms with Crippen molar-refractivity contribution in [2.45, 2.75) is 19.5 Å². The fraction of sp³-hybridized carbons (Fsp3) is 0.132. The molecule has 0 fully saturated rings. The molecule has 0 saturated heterocycles. The van der Waals surface area contributed by atoms with Crippen LogP contribution in [0.25, 0.3) is 22.7 Å². The van der Waals surface area contributed by atoms with E-state index in [-0.39, 0.29) is 24.5 Å². The van der Waals surface area contributed by atoms with Gasteiger partial charge in [-0.3, -0.25) is 9.36 Å². The molecule has 49 heavy (non-hydrogen) atoms. The number of halogens is 2. The number of nitrogens with zero attached hydrogens (tertiary/aromatic N) is 3. The van der Waals surface area contributed by atoms with E-state index in [4.69, 9.17) is 42.4 Å². The van der Waals surface area contributed by atoms with Gasteiger partial charge in [0.2, 0.25) is 6.79 Å². The number of carbonyl (C=O) groups is 1. The van der Waals surface area contributed by atoms with E-state index in [9.17, 15) is 9.59 Å². The van der Waals surface area contributed by atoms with E-state index in [0.29, 0.717) is 48.7 Å². The van der Waals surface area contributed by atoms with Gasteiger partial charge < -0.3 is 18.8 Å². The van der Waals surface area contributed by atoms with Crippen LogP contribution in [0.15, 0.2) is 113 Å².